The topological polar surface area (TPSA) is 72.8 Å². The summed E-state index contributed by atoms with van der Waals surface area (Å²) in [7, 11) is 1.76. The number of aliphatic hydroxyl groups is 2. The first-order valence-corrected chi connectivity index (χ1v) is 5.53. The number of carbonyl (C=O) groups is 1. The third kappa shape index (κ3) is 2.25. The molecule has 17 heavy (non-hydrogen) atoms. The third-order valence-electron chi connectivity index (χ3n) is 2.97. The minimum Gasteiger partial charge on any atom is -0.394 e. The second-order valence-electron chi connectivity index (χ2n) is 4.18. The van der Waals surface area contributed by atoms with Gasteiger partial charge in [-0.15, -0.1) is 0 Å². The lowest BCUT2D eigenvalue weighted by Gasteiger charge is -2.16. The lowest BCUT2D eigenvalue weighted by atomic mass is 10.1. The summed E-state index contributed by atoms with van der Waals surface area (Å²) < 4.78 is 0. The van der Waals surface area contributed by atoms with E-state index in [1.807, 2.05) is 18.2 Å². The first kappa shape index (κ1) is 11.9. The molecule has 3 N–H and O–H groups in total. The van der Waals surface area contributed by atoms with Gasteiger partial charge in [0.05, 0.1) is 25.7 Å². The molecule has 0 fully saturated rings. The normalized spacial score (nSPS) is 14.4. The Morgan fingerprint density at radius 1 is 1.41 bits per heavy atom. The fraction of sp³-hybridized carbons (Fsp3) is 0.417. The predicted molar refractivity (Wildman–Crippen MR) is 65.1 cm³/mol. The molecule has 0 unspecified atom stereocenters. The number of hydrogen-bond acceptors (Lipinski definition) is 4. The van der Waals surface area contributed by atoms with E-state index in [0.717, 1.165) is 16.9 Å². The number of rotatable bonds is 4. The number of carbonyl (C=O) groups excluding carboxylic acids is 1. The lowest BCUT2D eigenvalue weighted by Crippen LogP contribution is -2.27. The van der Waals surface area contributed by atoms with Gasteiger partial charge in [0.2, 0.25) is 5.91 Å². The third-order valence-corrected chi connectivity index (χ3v) is 2.97. The summed E-state index contributed by atoms with van der Waals surface area (Å²) in [5.41, 5.74) is 2.70. The monoisotopic (exact) mass is 236 g/mol. The summed E-state index contributed by atoms with van der Waals surface area (Å²) in [4.78, 5) is 13.1. The van der Waals surface area contributed by atoms with E-state index in [2.05, 4.69) is 5.32 Å². The van der Waals surface area contributed by atoms with Crippen LogP contribution in [0.3, 0.4) is 0 Å². The summed E-state index contributed by atoms with van der Waals surface area (Å²) in [6.45, 7) is -0.265. The number of nitrogens with zero attached hydrogens (tertiary/aromatic N) is 1. The molecule has 92 valence electrons. The Hall–Kier alpha value is -1.59. The van der Waals surface area contributed by atoms with Gasteiger partial charge in [0, 0.05) is 18.4 Å². The van der Waals surface area contributed by atoms with Gasteiger partial charge in [-0.2, -0.15) is 0 Å². The Balaban J connectivity index is 2.18. The number of aliphatic hydroxyl groups excluding tert-OH is 2. The van der Waals surface area contributed by atoms with Gasteiger partial charge in [-0.1, -0.05) is 0 Å². The number of anilines is 2. The van der Waals surface area contributed by atoms with Crippen LogP contribution in [0.5, 0.6) is 0 Å². The molecule has 1 heterocycles. The van der Waals surface area contributed by atoms with Crippen molar-refractivity contribution >= 4 is 17.3 Å². The smallest absolute Gasteiger partial charge is 0.231 e. The van der Waals surface area contributed by atoms with Crippen molar-refractivity contribution in [3.63, 3.8) is 0 Å². The van der Waals surface area contributed by atoms with Gasteiger partial charge in [0.15, 0.2) is 0 Å². The average Bonchev–Trinajstić information content (AvgIpc) is 2.62. The number of fused-ring (bicyclic) bond motifs is 1. The van der Waals surface area contributed by atoms with E-state index in [0.29, 0.717) is 6.42 Å². The van der Waals surface area contributed by atoms with Crippen LogP contribution in [0.25, 0.3) is 0 Å². The van der Waals surface area contributed by atoms with Crippen LogP contribution < -0.4 is 10.2 Å². The summed E-state index contributed by atoms with van der Waals surface area (Å²) in [6.07, 6.45) is 0.407. The van der Waals surface area contributed by atoms with Gasteiger partial charge >= 0.3 is 0 Å². The maximum atomic E-state index is 11.5. The Bertz CT molecular complexity index is 430. The molecular formula is C12H16N2O3. The summed E-state index contributed by atoms with van der Waals surface area (Å²) in [5.74, 6) is 0.0815. The molecule has 1 aromatic rings. The number of nitrogens with one attached hydrogen (secondary N) is 1. The van der Waals surface area contributed by atoms with Gasteiger partial charge in [-0.25, -0.2) is 0 Å². The van der Waals surface area contributed by atoms with Gasteiger partial charge in [-0.3, -0.25) is 4.79 Å². The van der Waals surface area contributed by atoms with Crippen LogP contribution in [-0.2, 0) is 11.2 Å². The van der Waals surface area contributed by atoms with Crippen molar-refractivity contribution < 1.29 is 15.0 Å². The first-order chi connectivity index (χ1) is 8.15. The van der Waals surface area contributed by atoms with E-state index in [1.54, 1.807) is 11.9 Å². The Labute approximate surface area is 99.7 Å². The minimum atomic E-state index is -0.372. The molecule has 1 aliphatic heterocycles. The number of likely N-dealkylation sites (N-methyl/N-ethyl adjacent to an activating group) is 1. The van der Waals surface area contributed by atoms with E-state index in [9.17, 15) is 4.79 Å². The summed E-state index contributed by atoms with van der Waals surface area (Å²) in [5, 5.41) is 21.0. The van der Waals surface area contributed by atoms with Crippen LogP contribution in [0.1, 0.15) is 5.56 Å². The molecule has 1 amide bonds. The SMILES string of the molecule is CN1C(=O)Cc2cc(NC(CO)CO)ccc21. The molecule has 2 rings (SSSR count). The maximum absolute atomic E-state index is 11.5. The Kier molecular flexibility index (Phi) is 3.31. The molecule has 0 bridgehead atoms. The van der Waals surface area contributed by atoms with Gasteiger partial charge in [-0.05, 0) is 23.8 Å². The Morgan fingerprint density at radius 3 is 2.76 bits per heavy atom. The molecule has 0 saturated heterocycles. The number of amides is 1. The maximum Gasteiger partial charge on any atom is 0.231 e. The van der Waals surface area contributed by atoms with E-state index in [1.165, 1.54) is 0 Å². The van der Waals surface area contributed by atoms with Crippen LogP contribution >= 0.6 is 0 Å². The molecule has 0 aromatic heterocycles. The zero-order valence-corrected chi connectivity index (χ0v) is 9.68. The molecule has 0 radical (unpaired) electrons. The highest BCUT2D eigenvalue weighted by Crippen LogP contribution is 2.30. The van der Waals surface area contributed by atoms with E-state index in [4.69, 9.17) is 10.2 Å². The van der Waals surface area contributed by atoms with E-state index in [-0.39, 0.29) is 25.2 Å². The van der Waals surface area contributed by atoms with Crippen LogP contribution in [0.15, 0.2) is 18.2 Å². The number of benzene rings is 1. The van der Waals surface area contributed by atoms with E-state index >= 15 is 0 Å². The highest BCUT2D eigenvalue weighted by Gasteiger charge is 2.23. The molecule has 0 aliphatic carbocycles. The molecular weight excluding hydrogens is 220 g/mol. The largest absolute Gasteiger partial charge is 0.394 e. The van der Waals surface area contributed by atoms with Crippen molar-refractivity contribution in [1.82, 2.24) is 0 Å². The summed E-state index contributed by atoms with van der Waals surface area (Å²) in [6, 6.07) is 5.22. The zero-order valence-electron chi connectivity index (χ0n) is 9.68. The van der Waals surface area contributed by atoms with Crippen LogP contribution in [0.2, 0.25) is 0 Å². The fourth-order valence-electron chi connectivity index (χ4n) is 1.94. The lowest BCUT2D eigenvalue weighted by molar-refractivity contribution is -0.117. The van der Waals surface area contributed by atoms with Crippen molar-refractivity contribution in [1.29, 1.82) is 0 Å². The van der Waals surface area contributed by atoms with Gasteiger partial charge < -0.3 is 20.4 Å². The first-order valence-electron chi connectivity index (χ1n) is 5.53. The predicted octanol–water partition coefficient (Wildman–Crippen LogP) is -0.0294. The molecule has 1 aliphatic rings. The second-order valence-corrected chi connectivity index (χ2v) is 4.18. The van der Waals surface area contributed by atoms with Crippen molar-refractivity contribution in [2.24, 2.45) is 0 Å². The quantitative estimate of drug-likeness (QED) is 0.686. The van der Waals surface area contributed by atoms with E-state index < -0.39 is 0 Å². The zero-order chi connectivity index (χ0) is 12.4. The molecule has 0 saturated carbocycles. The molecule has 0 atom stereocenters. The molecule has 5 heteroatoms. The van der Waals surface area contributed by atoms with Crippen molar-refractivity contribution in [3.05, 3.63) is 23.8 Å². The fourth-order valence-corrected chi connectivity index (χ4v) is 1.94. The average molecular weight is 236 g/mol. The highest BCUT2D eigenvalue weighted by atomic mass is 16.3. The highest BCUT2D eigenvalue weighted by molar-refractivity contribution is 6.01. The molecule has 1 aromatic carbocycles. The molecule has 5 nitrogen and oxygen atoms in total. The van der Waals surface area contributed by atoms with Crippen molar-refractivity contribution in [2.75, 3.05) is 30.5 Å². The number of hydrogen-bond donors (Lipinski definition) is 3. The molecule has 0 spiro atoms. The van der Waals surface area contributed by atoms with Gasteiger partial charge in [0.1, 0.15) is 0 Å². The van der Waals surface area contributed by atoms with Crippen LogP contribution in [0.4, 0.5) is 11.4 Å². The minimum absolute atomic E-state index is 0.0815. The van der Waals surface area contributed by atoms with Crippen LogP contribution in [0, 0.1) is 0 Å². The van der Waals surface area contributed by atoms with Crippen molar-refractivity contribution in [3.8, 4) is 0 Å². The van der Waals surface area contributed by atoms with Crippen LogP contribution in [-0.4, -0.2) is 42.4 Å². The van der Waals surface area contributed by atoms with Crippen molar-refractivity contribution in [2.45, 2.75) is 12.5 Å². The second kappa shape index (κ2) is 4.73. The standard InChI is InChI=1S/C12H16N2O3/c1-14-11-3-2-9(13-10(6-15)7-16)4-8(11)5-12(14)17/h2-4,10,13,15-16H,5-7H2,1H3. The van der Waals surface area contributed by atoms with Gasteiger partial charge in [0.25, 0.3) is 0 Å². The summed E-state index contributed by atoms with van der Waals surface area (Å²) >= 11 is 0. The Morgan fingerprint density at radius 2 is 2.12 bits per heavy atom.